The standard InChI is InChI=1S/C10H16BrN3/c1-13(2)6-7-14(3)10-5-4-9(11)8-12-10/h4-5,8H,6-7H2,1-3H3. The van der Waals surface area contributed by atoms with Crippen molar-refractivity contribution < 1.29 is 0 Å². The van der Waals surface area contributed by atoms with Crippen LogP contribution in [0.15, 0.2) is 22.8 Å². The van der Waals surface area contributed by atoms with Crippen LogP contribution in [0.5, 0.6) is 0 Å². The van der Waals surface area contributed by atoms with Crippen molar-refractivity contribution in [1.29, 1.82) is 0 Å². The smallest absolute Gasteiger partial charge is 0.128 e. The van der Waals surface area contributed by atoms with Crippen LogP contribution < -0.4 is 4.90 Å². The van der Waals surface area contributed by atoms with Crippen LogP contribution in [0.2, 0.25) is 0 Å². The zero-order chi connectivity index (χ0) is 10.6. The summed E-state index contributed by atoms with van der Waals surface area (Å²) in [5.41, 5.74) is 0. The quantitative estimate of drug-likeness (QED) is 0.821. The minimum Gasteiger partial charge on any atom is -0.358 e. The van der Waals surface area contributed by atoms with E-state index in [1.54, 1.807) is 0 Å². The summed E-state index contributed by atoms with van der Waals surface area (Å²) in [6, 6.07) is 4.02. The number of likely N-dealkylation sites (N-methyl/N-ethyl adjacent to an activating group) is 2. The Morgan fingerprint density at radius 3 is 2.43 bits per heavy atom. The Balaban J connectivity index is 2.52. The average Bonchev–Trinajstić information content (AvgIpc) is 2.15. The zero-order valence-corrected chi connectivity index (χ0v) is 10.5. The van der Waals surface area contributed by atoms with Crippen LogP contribution in [0.3, 0.4) is 0 Å². The van der Waals surface area contributed by atoms with Crippen LogP contribution in [-0.2, 0) is 0 Å². The highest BCUT2D eigenvalue weighted by atomic mass is 79.9. The second-order valence-corrected chi connectivity index (χ2v) is 4.48. The molecule has 14 heavy (non-hydrogen) atoms. The second-order valence-electron chi connectivity index (χ2n) is 3.56. The SMILES string of the molecule is CN(C)CCN(C)c1ccc(Br)cn1. The van der Waals surface area contributed by atoms with Gasteiger partial charge in [-0.1, -0.05) is 0 Å². The Hall–Kier alpha value is -0.610. The molecule has 0 aliphatic heterocycles. The third-order valence-corrected chi connectivity index (χ3v) is 2.45. The predicted octanol–water partition coefficient (Wildman–Crippen LogP) is 1.84. The van der Waals surface area contributed by atoms with Crippen molar-refractivity contribution >= 4 is 21.7 Å². The maximum absolute atomic E-state index is 4.32. The molecule has 0 N–H and O–H groups in total. The van der Waals surface area contributed by atoms with Crippen LogP contribution in [0.4, 0.5) is 5.82 Å². The molecule has 0 amide bonds. The predicted molar refractivity (Wildman–Crippen MR) is 63.8 cm³/mol. The van der Waals surface area contributed by atoms with Gasteiger partial charge >= 0.3 is 0 Å². The highest BCUT2D eigenvalue weighted by Gasteiger charge is 2.01. The van der Waals surface area contributed by atoms with Crippen LogP contribution >= 0.6 is 15.9 Å². The molecule has 1 aromatic rings. The summed E-state index contributed by atoms with van der Waals surface area (Å²) >= 11 is 3.37. The summed E-state index contributed by atoms with van der Waals surface area (Å²) in [5, 5.41) is 0. The molecular formula is C10H16BrN3. The normalized spacial score (nSPS) is 10.6. The Morgan fingerprint density at radius 1 is 1.21 bits per heavy atom. The summed E-state index contributed by atoms with van der Waals surface area (Å²) in [4.78, 5) is 8.62. The molecule has 0 radical (unpaired) electrons. The maximum atomic E-state index is 4.32. The van der Waals surface area contributed by atoms with Crippen LogP contribution in [0.1, 0.15) is 0 Å². The van der Waals surface area contributed by atoms with Gasteiger partial charge in [0.2, 0.25) is 0 Å². The Morgan fingerprint density at radius 2 is 1.93 bits per heavy atom. The van der Waals surface area contributed by atoms with Crippen molar-refractivity contribution in [2.45, 2.75) is 0 Å². The molecule has 1 rings (SSSR count). The first-order valence-corrected chi connectivity index (χ1v) is 5.36. The van der Waals surface area contributed by atoms with Gasteiger partial charge in [0.15, 0.2) is 0 Å². The van der Waals surface area contributed by atoms with E-state index < -0.39 is 0 Å². The number of hydrogen-bond acceptors (Lipinski definition) is 3. The molecular weight excluding hydrogens is 242 g/mol. The summed E-state index contributed by atoms with van der Waals surface area (Å²) < 4.78 is 1.02. The maximum Gasteiger partial charge on any atom is 0.128 e. The van der Waals surface area contributed by atoms with E-state index in [1.165, 1.54) is 0 Å². The minimum absolute atomic E-state index is 0.988. The lowest BCUT2D eigenvalue weighted by Crippen LogP contribution is -2.28. The van der Waals surface area contributed by atoms with Crippen molar-refractivity contribution in [2.24, 2.45) is 0 Å². The average molecular weight is 258 g/mol. The Bertz CT molecular complexity index is 271. The minimum atomic E-state index is 0.988. The topological polar surface area (TPSA) is 19.4 Å². The highest BCUT2D eigenvalue weighted by Crippen LogP contribution is 2.12. The monoisotopic (exact) mass is 257 g/mol. The molecule has 0 aliphatic carbocycles. The number of hydrogen-bond donors (Lipinski definition) is 0. The molecule has 0 aromatic carbocycles. The molecule has 0 saturated heterocycles. The Labute approximate surface area is 93.9 Å². The van der Waals surface area contributed by atoms with Crippen molar-refractivity contribution in [1.82, 2.24) is 9.88 Å². The van der Waals surface area contributed by atoms with E-state index >= 15 is 0 Å². The van der Waals surface area contributed by atoms with E-state index in [0.717, 1.165) is 23.4 Å². The molecule has 0 saturated carbocycles. The molecule has 3 nitrogen and oxygen atoms in total. The molecule has 0 bridgehead atoms. The Kier molecular flexibility index (Phi) is 4.35. The molecule has 0 atom stereocenters. The van der Waals surface area contributed by atoms with E-state index in [2.05, 4.69) is 51.9 Å². The summed E-state index contributed by atoms with van der Waals surface area (Å²) in [6.45, 7) is 2.02. The van der Waals surface area contributed by atoms with Gasteiger partial charge < -0.3 is 9.80 Å². The van der Waals surface area contributed by atoms with Gasteiger partial charge in [-0.3, -0.25) is 0 Å². The third kappa shape index (κ3) is 3.64. The van der Waals surface area contributed by atoms with Crippen molar-refractivity contribution in [3.63, 3.8) is 0 Å². The van der Waals surface area contributed by atoms with E-state index in [4.69, 9.17) is 0 Å². The van der Waals surface area contributed by atoms with Gasteiger partial charge in [-0.2, -0.15) is 0 Å². The van der Waals surface area contributed by atoms with E-state index in [0.29, 0.717) is 0 Å². The highest BCUT2D eigenvalue weighted by molar-refractivity contribution is 9.10. The van der Waals surface area contributed by atoms with E-state index in [9.17, 15) is 0 Å². The molecule has 0 spiro atoms. The molecule has 78 valence electrons. The number of rotatable bonds is 4. The number of aromatic nitrogens is 1. The summed E-state index contributed by atoms with van der Waals surface area (Å²) in [6.07, 6.45) is 1.82. The molecule has 1 heterocycles. The van der Waals surface area contributed by atoms with E-state index in [-0.39, 0.29) is 0 Å². The van der Waals surface area contributed by atoms with Gasteiger partial charge in [0, 0.05) is 30.8 Å². The zero-order valence-electron chi connectivity index (χ0n) is 8.87. The molecule has 0 fully saturated rings. The first kappa shape index (κ1) is 11.5. The third-order valence-electron chi connectivity index (χ3n) is 1.99. The van der Waals surface area contributed by atoms with Gasteiger partial charge in [-0.25, -0.2) is 4.98 Å². The summed E-state index contributed by atoms with van der Waals surface area (Å²) in [5.74, 6) is 1.01. The molecule has 4 heteroatoms. The number of nitrogens with zero attached hydrogens (tertiary/aromatic N) is 3. The molecule has 1 aromatic heterocycles. The van der Waals surface area contributed by atoms with Gasteiger partial charge in [-0.15, -0.1) is 0 Å². The van der Waals surface area contributed by atoms with Gasteiger partial charge in [0.1, 0.15) is 5.82 Å². The number of pyridine rings is 1. The number of halogens is 1. The molecule has 0 aliphatic rings. The van der Waals surface area contributed by atoms with E-state index in [1.807, 2.05) is 18.3 Å². The van der Waals surface area contributed by atoms with Gasteiger partial charge in [0.25, 0.3) is 0 Å². The van der Waals surface area contributed by atoms with Crippen LogP contribution in [0, 0.1) is 0 Å². The van der Waals surface area contributed by atoms with Gasteiger partial charge in [0.05, 0.1) is 0 Å². The summed E-state index contributed by atoms with van der Waals surface area (Å²) in [7, 11) is 6.20. The second kappa shape index (κ2) is 5.32. The van der Waals surface area contributed by atoms with Crippen LogP contribution in [0.25, 0.3) is 0 Å². The first-order chi connectivity index (χ1) is 6.59. The lowest BCUT2D eigenvalue weighted by atomic mass is 10.4. The van der Waals surface area contributed by atoms with Crippen molar-refractivity contribution in [3.05, 3.63) is 22.8 Å². The van der Waals surface area contributed by atoms with Crippen molar-refractivity contribution in [3.8, 4) is 0 Å². The molecule has 0 unspecified atom stereocenters. The first-order valence-electron chi connectivity index (χ1n) is 4.57. The van der Waals surface area contributed by atoms with Gasteiger partial charge in [-0.05, 0) is 42.2 Å². The fraction of sp³-hybridized carbons (Fsp3) is 0.500. The lowest BCUT2D eigenvalue weighted by Gasteiger charge is -2.20. The lowest BCUT2D eigenvalue weighted by molar-refractivity contribution is 0.416. The fourth-order valence-electron chi connectivity index (χ4n) is 1.06. The van der Waals surface area contributed by atoms with Crippen LogP contribution in [-0.4, -0.2) is 44.1 Å². The fourth-order valence-corrected chi connectivity index (χ4v) is 1.29. The number of anilines is 1. The largest absolute Gasteiger partial charge is 0.358 e. The van der Waals surface area contributed by atoms with Crippen molar-refractivity contribution in [2.75, 3.05) is 39.1 Å².